The largest absolute Gasteiger partial charge is 1.00 e. The second-order valence-electron chi connectivity index (χ2n) is 2.46. The zero-order valence-corrected chi connectivity index (χ0v) is 8.86. The van der Waals surface area contributed by atoms with Gasteiger partial charge >= 0.3 is 0 Å². The van der Waals surface area contributed by atoms with Crippen LogP contribution in [0.1, 0.15) is 26.7 Å². The summed E-state index contributed by atoms with van der Waals surface area (Å²) in [6.45, 7) is 7.12. The Kier molecular flexibility index (Phi) is 11.9. The van der Waals surface area contributed by atoms with Gasteiger partial charge in [-0.25, -0.2) is 0 Å². The zero-order chi connectivity index (χ0) is 6.41. The second kappa shape index (κ2) is 8.69. The SMILES string of the molecule is CCC[NH+](C)CCC.[I-]. The van der Waals surface area contributed by atoms with Crippen molar-refractivity contribution in [2.45, 2.75) is 26.7 Å². The van der Waals surface area contributed by atoms with Crippen molar-refractivity contribution in [1.29, 1.82) is 0 Å². The van der Waals surface area contributed by atoms with Crippen molar-refractivity contribution in [3.8, 4) is 0 Å². The van der Waals surface area contributed by atoms with Crippen LogP contribution in [0.2, 0.25) is 0 Å². The molecule has 0 rings (SSSR count). The minimum atomic E-state index is 0. The normalized spacial score (nSPS) is 9.33. The van der Waals surface area contributed by atoms with Crippen molar-refractivity contribution < 1.29 is 28.9 Å². The average Bonchev–Trinajstić information content (AvgIpc) is 1.68. The first-order valence-corrected chi connectivity index (χ1v) is 3.62. The lowest BCUT2D eigenvalue weighted by Crippen LogP contribution is -3.08. The Morgan fingerprint density at radius 1 is 1.00 bits per heavy atom. The smallest absolute Gasteiger partial charge is 0.0766 e. The molecule has 58 valence electrons. The first-order chi connectivity index (χ1) is 3.81. The minimum absolute atomic E-state index is 0. The lowest BCUT2D eigenvalue weighted by molar-refractivity contribution is -0.879. The maximum Gasteiger partial charge on any atom is 0.0766 e. The first kappa shape index (κ1) is 12.4. The van der Waals surface area contributed by atoms with Gasteiger partial charge in [-0.1, -0.05) is 13.8 Å². The van der Waals surface area contributed by atoms with Gasteiger partial charge in [-0.05, 0) is 12.8 Å². The lowest BCUT2D eigenvalue weighted by Gasteiger charge is -2.09. The highest BCUT2D eigenvalue weighted by molar-refractivity contribution is 4.22. The summed E-state index contributed by atoms with van der Waals surface area (Å²) in [5, 5.41) is 0. The lowest BCUT2D eigenvalue weighted by atomic mass is 10.4. The molecule has 1 nitrogen and oxygen atoms in total. The summed E-state index contributed by atoms with van der Waals surface area (Å²) in [6, 6.07) is 0. The first-order valence-electron chi connectivity index (χ1n) is 3.62. The van der Waals surface area contributed by atoms with Crippen LogP contribution in [0.3, 0.4) is 0 Å². The van der Waals surface area contributed by atoms with E-state index in [9.17, 15) is 0 Å². The van der Waals surface area contributed by atoms with Crippen molar-refractivity contribution in [3.63, 3.8) is 0 Å². The van der Waals surface area contributed by atoms with E-state index in [0.29, 0.717) is 0 Å². The van der Waals surface area contributed by atoms with E-state index >= 15 is 0 Å². The van der Waals surface area contributed by atoms with Gasteiger partial charge < -0.3 is 28.9 Å². The van der Waals surface area contributed by atoms with E-state index in [0.717, 1.165) is 0 Å². The van der Waals surface area contributed by atoms with Gasteiger partial charge in [-0.3, -0.25) is 0 Å². The molecule has 0 bridgehead atoms. The van der Waals surface area contributed by atoms with Gasteiger partial charge in [-0.2, -0.15) is 0 Å². The molecule has 0 fully saturated rings. The Bertz CT molecular complexity index is 42.2. The number of halogens is 1. The van der Waals surface area contributed by atoms with Crippen LogP contribution >= 0.6 is 0 Å². The monoisotopic (exact) mass is 243 g/mol. The Balaban J connectivity index is 0. The molecule has 0 saturated heterocycles. The van der Waals surface area contributed by atoms with Crippen LogP contribution in [0.25, 0.3) is 0 Å². The molecular formula is C7H18IN. The molecule has 2 heteroatoms. The summed E-state index contributed by atoms with van der Waals surface area (Å²) in [5.74, 6) is 0. The highest BCUT2D eigenvalue weighted by Crippen LogP contribution is 1.65. The summed E-state index contributed by atoms with van der Waals surface area (Å²) < 4.78 is 0. The fourth-order valence-corrected chi connectivity index (χ4v) is 0.979. The van der Waals surface area contributed by atoms with Crippen molar-refractivity contribution in [3.05, 3.63) is 0 Å². The Hall–Kier alpha value is 0.690. The zero-order valence-electron chi connectivity index (χ0n) is 6.71. The number of rotatable bonds is 4. The van der Waals surface area contributed by atoms with E-state index in [4.69, 9.17) is 0 Å². The predicted octanol–water partition coefficient (Wildman–Crippen LogP) is -2.67. The van der Waals surface area contributed by atoms with Crippen LogP contribution < -0.4 is 28.9 Å². The minimum Gasteiger partial charge on any atom is -1.00 e. The number of quaternary nitrogens is 1. The summed E-state index contributed by atoms with van der Waals surface area (Å²) in [6.07, 6.45) is 2.62. The van der Waals surface area contributed by atoms with Crippen LogP contribution in [-0.2, 0) is 0 Å². The van der Waals surface area contributed by atoms with Gasteiger partial charge in [0.15, 0.2) is 0 Å². The summed E-state index contributed by atoms with van der Waals surface area (Å²) >= 11 is 0. The van der Waals surface area contributed by atoms with E-state index in [1.165, 1.54) is 25.9 Å². The Labute approximate surface area is 75.8 Å². The summed E-state index contributed by atoms with van der Waals surface area (Å²) in [4.78, 5) is 1.66. The third-order valence-electron chi connectivity index (χ3n) is 1.35. The molecule has 0 spiro atoms. The highest BCUT2D eigenvalue weighted by atomic mass is 127. The highest BCUT2D eigenvalue weighted by Gasteiger charge is 1.93. The van der Waals surface area contributed by atoms with Crippen molar-refractivity contribution in [1.82, 2.24) is 0 Å². The van der Waals surface area contributed by atoms with E-state index in [1.807, 2.05) is 0 Å². The van der Waals surface area contributed by atoms with Crippen LogP contribution in [0.15, 0.2) is 0 Å². The molecule has 1 N–H and O–H groups in total. The Morgan fingerprint density at radius 3 is 1.56 bits per heavy atom. The third-order valence-corrected chi connectivity index (χ3v) is 1.35. The standard InChI is InChI=1S/C7H17N.HI/c1-4-6-8(3)7-5-2;/h4-7H2,1-3H3;1H. The maximum atomic E-state index is 2.26. The summed E-state index contributed by atoms with van der Waals surface area (Å²) in [7, 11) is 2.26. The fraction of sp³-hybridized carbons (Fsp3) is 1.00. The molecule has 0 amide bonds. The molecule has 0 aromatic rings. The van der Waals surface area contributed by atoms with E-state index < -0.39 is 0 Å². The van der Waals surface area contributed by atoms with Crippen molar-refractivity contribution in [2.24, 2.45) is 0 Å². The van der Waals surface area contributed by atoms with E-state index in [-0.39, 0.29) is 24.0 Å². The molecule has 0 heterocycles. The number of hydrogen-bond acceptors (Lipinski definition) is 0. The summed E-state index contributed by atoms with van der Waals surface area (Å²) in [5.41, 5.74) is 0. The van der Waals surface area contributed by atoms with Crippen LogP contribution in [0.5, 0.6) is 0 Å². The number of nitrogens with one attached hydrogen (secondary N) is 1. The van der Waals surface area contributed by atoms with E-state index in [2.05, 4.69) is 20.9 Å². The van der Waals surface area contributed by atoms with E-state index in [1.54, 1.807) is 4.90 Å². The van der Waals surface area contributed by atoms with Gasteiger partial charge in [-0.15, -0.1) is 0 Å². The van der Waals surface area contributed by atoms with Gasteiger partial charge in [0, 0.05) is 0 Å². The molecule has 0 saturated carbocycles. The van der Waals surface area contributed by atoms with Gasteiger partial charge in [0.05, 0.1) is 20.1 Å². The molecule has 0 radical (unpaired) electrons. The fourth-order valence-electron chi connectivity index (χ4n) is 0.979. The molecule has 0 aromatic carbocycles. The van der Waals surface area contributed by atoms with Gasteiger partial charge in [0.25, 0.3) is 0 Å². The quantitative estimate of drug-likeness (QED) is 0.513. The molecule has 0 unspecified atom stereocenters. The molecule has 0 aliphatic carbocycles. The van der Waals surface area contributed by atoms with Gasteiger partial charge in [0.1, 0.15) is 0 Å². The van der Waals surface area contributed by atoms with Crippen LogP contribution in [0, 0.1) is 0 Å². The van der Waals surface area contributed by atoms with Gasteiger partial charge in [0.2, 0.25) is 0 Å². The predicted molar refractivity (Wildman–Crippen MR) is 37.2 cm³/mol. The van der Waals surface area contributed by atoms with Crippen molar-refractivity contribution in [2.75, 3.05) is 20.1 Å². The molecular weight excluding hydrogens is 225 g/mol. The second-order valence-corrected chi connectivity index (χ2v) is 2.46. The molecule has 0 aliphatic rings. The molecule has 0 aliphatic heterocycles. The van der Waals surface area contributed by atoms with Crippen LogP contribution in [0.4, 0.5) is 0 Å². The third kappa shape index (κ3) is 8.69. The maximum absolute atomic E-state index is 2.26. The average molecular weight is 243 g/mol. The molecule has 0 atom stereocenters. The van der Waals surface area contributed by atoms with Crippen molar-refractivity contribution >= 4 is 0 Å². The topological polar surface area (TPSA) is 4.44 Å². The molecule has 9 heavy (non-hydrogen) atoms. The Morgan fingerprint density at radius 2 is 1.33 bits per heavy atom. The number of hydrogen-bond donors (Lipinski definition) is 1. The van der Waals surface area contributed by atoms with Crippen LogP contribution in [-0.4, -0.2) is 20.1 Å². The molecule has 0 aromatic heterocycles.